The van der Waals surface area contributed by atoms with Crippen molar-refractivity contribution >= 4 is 5.95 Å². The Balaban J connectivity index is 1.72. The van der Waals surface area contributed by atoms with Crippen molar-refractivity contribution in [3.63, 3.8) is 0 Å². The van der Waals surface area contributed by atoms with E-state index in [1.54, 1.807) is 24.3 Å². The highest BCUT2D eigenvalue weighted by atomic mass is 16.5. The van der Waals surface area contributed by atoms with Gasteiger partial charge in [0.15, 0.2) is 5.82 Å². The van der Waals surface area contributed by atoms with Crippen LogP contribution in [-0.2, 0) is 13.2 Å². The summed E-state index contributed by atoms with van der Waals surface area (Å²) in [5.74, 6) is 2.44. The number of benzene rings is 1. The second-order valence-electron chi connectivity index (χ2n) is 7.24. The summed E-state index contributed by atoms with van der Waals surface area (Å²) in [6, 6.07) is 9.20. The van der Waals surface area contributed by atoms with Gasteiger partial charge in [0, 0.05) is 31.7 Å². The van der Waals surface area contributed by atoms with Crippen molar-refractivity contribution < 1.29 is 4.74 Å². The standard InChI is InChI=1S/C19H26N6O/c1-5-25-17(13-26-16-8-6-15(12-20)7-9-16)21-22-18(25)24-11-10-23(4)19(2,3)14-24/h6-9H,5,10-11,13-14H2,1-4H3. The highest BCUT2D eigenvalue weighted by Crippen LogP contribution is 2.24. The number of likely N-dealkylation sites (N-methyl/N-ethyl adjacent to an activating group) is 1. The number of anilines is 1. The lowest BCUT2D eigenvalue weighted by Gasteiger charge is -2.45. The van der Waals surface area contributed by atoms with Crippen LogP contribution < -0.4 is 9.64 Å². The molecule has 3 rings (SSSR count). The van der Waals surface area contributed by atoms with Gasteiger partial charge in [0.1, 0.15) is 12.4 Å². The van der Waals surface area contributed by atoms with E-state index in [1.165, 1.54) is 0 Å². The van der Waals surface area contributed by atoms with Gasteiger partial charge in [-0.15, -0.1) is 10.2 Å². The number of hydrogen-bond donors (Lipinski definition) is 0. The van der Waals surface area contributed by atoms with E-state index in [0.717, 1.165) is 43.7 Å². The predicted octanol–water partition coefficient (Wildman–Crippen LogP) is 2.28. The molecule has 7 heteroatoms. The van der Waals surface area contributed by atoms with Gasteiger partial charge in [-0.3, -0.25) is 9.47 Å². The first-order valence-electron chi connectivity index (χ1n) is 8.96. The molecule has 0 aliphatic carbocycles. The van der Waals surface area contributed by atoms with Gasteiger partial charge in [0.2, 0.25) is 5.95 Å². The lowest BCUT2D eigenvalue weighted by atomic mass is 10.0. The highest BCUT2D eigenvalue weighted by molar-refractivity contribution is 5.35. The summed E-state index contributed by atoms with van der Waals surface area (Å²) in [7, 11) is 2.17. The van der Waals surface area contributed by atoms with E-state index < -0.39 is 0 Å². The average Bonchev–Trinajstić information content (AvgIpc) is 3.05. The number of nitrogens with zero attached hydrogens (tertiary/aromatic N) is 6. The fourth-order valence-electron chi connectivity index (χ4n) is 3.18. The third kappa shape index (κ3) is 3.65. The second kappa shape index (κ2) is 7.34. The molecular formula is C19H26N6O. The van der Waals surface area contributed by atoms with Crippen LogP contribution >= 0.6 is 0 Å². The maximum atomic E-state index is 8.86. The number of rotatable bonds is 5. The molecule has 1 aliphatic rings. The average molecular weight is 354 g/mol. The molecule has 0 spiro atoms. The largest absolute Gasteiger partial charge is 0.486 e. The van der Waals surface area contributed by atoms with Gasteiger partial charge in [-0.05, 0) is 52.1 Å². The number of piperazine rings is 1. The van der Waals surface area contributed by atoms with Crippen LogP contribution in [0, 0.1) is 11.3 Å². The minimum atomic E-state index is 0.0991. The fourth-order valence-corrected chi connectivity index (χ4v) is 3.18. The van der Waals surface area contributed by atoms with E-state index in [2.05, 4.69) is 58.5 Å². The Kier molecular flexibility index (Phi) is 5.14. The monoisotopic (exact) mass is 354 g/mol. The second-order valence-corrected chi connectivity index (χ2v) is 7.24. The van der Waals surface area contributed by atoms with Crippen LogP contribution in [0.5, 0.6) is 5.75 Å². The number of aromatic nitrogens is 3. The summed E-state index contributed by atoms with van der Waals surface area (Å²) in [6.45, 7) is 10.6. The topological polar surface area (TPSA) is 70.2 Å². The maximum Gasteiger partial charge on any atom is 0.227 e. The quantitative estimate of drug-likeness (QED) is 0.820. The van der Waals surface area contributed by atoms with Gasteiger partial charge < -0.3 is 9.64 Å². The van der Waals surface area contributed by atoms with Crippen molar-refractivity contribution in [2.45, 2.75) is 39.5 Å². The van der Waals surface area contributed by atoms with E-state index in [9.17, 15) is 0 Å². The number of ether oxygens (including phenoxy) is 1. The normalized spacial score (nSPS) is 17.1. The summed E-state index contributed by atoms with van der Waals surface area (Å²) in [5, 5.41) is 17.7. The summed E-state index contributed by atoms with van der Waals surface area (Å²) in [5.41, 5.74) is 0.719. The molecule has 0 radical (unpaired) electrons. The summed E-state index contributed by atoms with van der Waals surface area (Å²) >= 11 is 0. The number of nitriles is 1. The Morgan fingerprint density at radius 2 is 1.92 bits per heavy atom. The van der Waals surface area contributed by atoms with Gasteiger partial charge in [-0.2, -0.15) is 5.26 Å². The molecule has 7 nitrogen and oxygen atoms in total. The molecule has 0 amide bonds. The predicted molar refractivity (Wildman–Crippen MR) is 100 cm³/mol. The van der Waals surface area contributed by atoms with Crippen molar-refractivity contribution in [3.8, 4) is 11.8 Å². The lowest BCUT2D eigenvalue weighted by molar-refractivity contribution is 0.137. The van der Waals surface area contributed by atoms with Gasteiger partial charge in [0.25, 0.3) is 0 Å². The zero-order valence-corrected chi connectivity index (χ0v) is 15.9. The molecule has 26 heavy (non-hydrogen) atoms. The van der Waals surface area contributed by atoms with Crippen molar-refractivity contribution in [2.75, 3.05) is 31.6 Å². The van der Waals surface area contributed by atoms with Crippen LogP contribution in [0.1, 0.15) is 32.2 Å². The first-order valence-corrected chi connectivity index (χ1v) is 8.96. The smallest absolute Gasteiger partial charge is 0.227 e. The molecule has 1 aromatic carbocycles. The van der Waals surface area contributed by atoms with Gasteiger partial charge >= 0.3 is 0 Å². The van der Waals surface area contributed by atoms with Crippen molar-refractivity contribution in [1.82, 2.24) is 19.7 Å². The zero-order valence-electron chi connectivity index (χ0n) is 15.9. The molecule has 1 fully saturated rings. The van der Waals surface area contributed by atoms with E-state index >= 15 is 0 Å². The summed E-state index contributed by atoms with van der Waals surface area (Å²) in [6.07, 6.45) is 0. The molecule has 1 aromatic heterocycles. The van der Waals surface area contributed by atoms with Crippen LogP contribution in [0.15, 0.2) is 24.3 Å². The van der Waals surface area contributed by atoms with Crippen molar-refractivity contribution in [3.05, 3.63) is 35.7 Å². The van der Waals surface area contributed by atoms with Crippen LogP contribution in [0.25, 0.3) is 0 Å². The molecule has 0 unspecified atom stereocenters. The molecular weight excluding hydrogens is 328 g/mol. The van der Waals surface area contributed by atoms with E-state index in [-0.39, 0.29) is 5.54 Å². The molecule has 1 aliphatic heterocycles. The lowest BCUT2D eigenvalue weighted by Crippen LogP contribution is -2.58. The Hall–Kier alpha value is -2.59. The Morgan fingerprint density at radius 3 is 2.54 bits per heavy atom. The Labute approximate surface area is 154 Å². The highest BCUT2D eigenvalue weighted by Gasteiger charge is 2.33. The first-order chi connectivity index (χ1) is 12.4. The minimum absolute atomic E-state index is 0.0991. The fraction of sp³-hybridized carbons (Fsp3) is 0.526. The third-order valence-corrected chi connectivity index (χ3v) is 5.07. The van der Waals surface area contributed by atoms with Gasteiger partial charge in [0.05, 0.1) is 11.6 Å². The summed E-state index contributed by atoms with van der Waals surface area (Å²) < 4.78 is 7.95. The molecule has 0 atom stereocenters. The third-order valence-electron chi connectivity index (χ3n) is 5.07. The van der Waals surface area contributed by atoms with Crippen molar-refractivity contribution in [2.24, 2.45) is 0 Å². The first kappa shape index (κ1) is 18.2. The van der Waals surface area contributed by atoms with Gasteiger partial charge in [-0.25, -0.2) is 0 Å². The molecule has 0 saturated carbocycles. The molecule has 2 aromatic rings. The maximum absolute atomic E-state index is 8.86. The van der Waals surface area contributed by atoms with Crippen LogP contribution in [-0.4, -0.2) is 51.9 Å². The molecule has 1 saturated heterocycles. The van der Waals surface area contributed by atoms with E-state index in [4.69, 9.17) is 10.00 Å². The van der Waals surface area contributed by atoms with E-state index in [1.807, 2.05) is 0 Å². The Morgan fingerprint density at radius 1 is 1.19 bits per heavy atom. The summed E-state index contributed by atoms with van der Waals surface area (Å²) in [4.78, 5) is 4.69. The zero-order chi connectivity index (χ0) is 18.7. The Bertz CT molecular complexity index is 789. The van der Waals surface area contributed by atoms with Crippen LogP contribution in [0.2, 0.25) is 0 Å². The molecule has 2 heterocycles. The SMILES string of the molecule is CCn1c(COc2ccc(C#N)cc2)nnc1N1CCN(C)C(C)(C)C1. The molecule has 0 bridgehead atoms. The number of hydrogen-bond acceptors (Lipinski definition) is 6. The van der Waals surface area contributed by atoms with Gasteiger partial charge in [-0.1, -0.05) is 0 Å². The van der Waals surface area contributed by atoms with E-state index in [0.29, 0.717) is 12.2 Å². The molecule has 138 valence electrons. The van der Waals surface area contributed by atoms with Crippen LogP contribution in [0.3, 0.4) is 0 Å². The van der Waals surface area contributed by atoms with Crippen molar-refractivity contribution in [1.29, 1.82) is 5.26 Å². The molecule has 0 N–H and O–H groups in total. The van der Waals surface area contributed by atoms with Crippen LogP contribution in [0.4, 0.5) is 5.95 Å². The minimum Gasteiger partial charge on any atom is -0.486 e.